The molecule has 2 aliphatic heterocycles. The molecular weight excluding hydrogens is 328 g/mol. The molecule has 2 saturated heterocycles. The smallest absolute Gasteiger partial charge is 0.213 e. The normalized spacial score (nSPS) is 28.5. The number of rotatable bonds is 6. The molecule has 1 aromatic rings. The average molecular weight is 354 g/mol. The van der Waals surface area contributed by atoms with Gasteiger partial charge in [-0.1, -0.05) is 6.07 Å². The van der Waals surface area contributed by atoms with Crippen molar-refractivity contribution < 1.29 is 17.9 Å². The first kappa shape index (κ1) is 17.8. The van der Waals surface area contributed by atoms with Gasteiger partial charge in [-0.25, -0.2) is 12.7 Å². The molecule has 2 fully saturated rings. The zero-order valence-corrected chi connectivity index (χ0v) is 15.0. The van der Waals surface area contributed by atoms with Crippen molar-refractivity contribution >= 4 is 10.0 Å². The van der Waals surface area contributed by atoms with E-state index < -0.39 is 10.0 Å². The number of nitrogens with zero attached hydrogens (tertiary/aromatic N) is 2. The van der Waals surface area contributed by atoms with Crippen molar-refractivity contribution in [2.75, 3.05) is 32.1 Å². The molecule has 0 N–H and O–H groups in total. The van der Waals surface area contributed by atoms with Crippen LogP contribution in [0.3, 0.4) is 0 Å². The molecule has 24 heavy (non-hydrogen) atoms. The fourth-order valence-electron chi connectivity index (χ4n) is 3.72. The number of aromatic nitrogens is 1. The largest absolute Gasteiger partial charge is 0.377 e. The third kappa shape index (κ3) is 3.79. The first-order valence-electron chi connectivity index (χ1n) is 8.63. The summed E-state index contributed by atoms with van der Waals surface area (Å²) in [5.41, 5.74) is 0.643. The van der Waals surface area contributed by atoms with Gasteiger partial charge >= 0.3 is 0 Å². The zero-order chi connectivity index (χ0) is 17.0. The van der Waals surface area contributed by atoms with E-state index in [0.29, 0.717) is 26.3 Å². The lowest BCUT2D eigenvalue weighted by atomic mass is 9.73. The quantitative estimate of drug-likeness (QED) is 0.779. The molecule has 0 saturated carbocycles. The molecule has 134 valence electrons. The van der Waals surface area contributed by atoms with Gasteiger partial charge in [0.05, 0.1) is 30.8 Å². The van der Waals surface area contributed by atoms with E-state index >= 15 is 0 Å². The number of pyridine rings is 1. The summed E-state index contributed by atoms with van der Waals surface area (Å²) in [6.07, 6.45) is 4.46. The van der Waals surface area contributed by atoms with Crippen LogP contribution in [0.2, 0.25) is 0 Å². The minimum atomic E-state index is -3.18. The minimum absolute atomic E-state index is 0.0817. The molecule has 0 radical (unpaired) electrons. The molecule has 3 rings (SSSR count). The highest BCUT2D eigenvalue weighted by Gasteiger charge is 2.48. The predicted octanol–water partition coefficient (Wildman–Crippen LogP) is 1.82. The van der Waals surface area contributed by atoms with Gasteiger partial charge in [0.15, 0.2) is 0 Å². The number of ether oxygens (including phenoxy) is 2. The summed E-state index contributed by atoms with van der Waals surface area (Å²) in [6, 6.07) is 5.75. The van der Waals surface area contributed by atoms with Gasteiger partial charge in [0.2, 0.25) is 10.0 Å². The predicted molar refractivity (Wildman–Crippen MR) is 91.0 cm³/mol. The number of hydrogen-bond donors (Lipinski definition) is 0. The van der Waals surface area contributed by atoms with Gasteiger partial charge < -0.3 is 9.47 Å². The third-order valence-electron chi connectivity index (χ3n) is 5.08. The molecule has 0 bridgehead atoms. The first-order chi connectivity index (χ1) is 11.6. The summed E-state index contributed by atoms with van der Waals surface area (Å²) >= 11 is 0. The van der Waals surface area contributed by atoms with Crippen molar-refractivity contribution in [1.29, 1.82) is 0 Å². The van der Waals surface area contributed by atoms with E-state index in [2.05, 4.69) is 4.98 Å². The van der Waals surface area contributed by atoms with Crippen molar-refractivity contribution in [2.45, 2.75) is 38.9 Å². The Morgan fingerprint density at radius 3 is 3.08 bits per heavy atom. The van der Waals surface area contributed by atoms with Gasteiger partial charge in [-0.2, -0.15) is 0 Å². The summed E-state index contributed by atoms with van der Waals surface area (Å²) in [5, 5.41) is 0. The van der Waals surface area contributed by atoms with Crippen LogP contribution < -0.4 is 0 Å². The Balaban J connectivity index is 1.69. The number of sulfonamides is 1. The monoisotopic (exact) mass is 354 g/mol. The molecule has 6 nitrogen and oxygen atoms in total. The summed E-state index contributed by atoms with van der Waals surface area (Å²) in [7, 11) is -3.18. The Kier molecular flexibility index (Phi) is 5.54. The van der Waals surface area contributed by atoms with E-state index in [1.165, 1.54) is 0 Å². The van der Waals surface area contributed by atoms with E-state index in [1.807, 2.05) is 18.2 Å². The van der Waals surface area contributed by atoms with Crippen molar-refractivity contribution in [3.8, 4) is 0 Å². The Labute approximate surface area is 144 Å². The Morgan fingerprint density at radius 1 is 1.46 bits per heavy atom. The SMILES string of the molecule is CCS(=O)(=O)N1CC[C@@H]2OCCC[C@@]2(COCc2ccccn2)C1. The highest BCUT2D eigenvalue weighted by atomic mass is 32.2. The maximum Gasteiger partial charge on any atom is 0.213 e. The molecule has 0 aromatic carbocycles. The second-order valence-corrected chi connectivity index (χ2v) is 8.92. The number of piperidine rings is 1. The first-order valence-corrected chi connectivity index (χ1v) is 10.2. The van der Waals surface area contributed by atoms with Crippen LogP contribution in [0.15, 0.2) is 24.4 Å². The minimum Gasteiger partial charge on any atom is -0.377 e. The highest BCUT2D eigenvalue weighted by Crippen LogP contribution is 2.41. The van der Waals surface area contributed by atoms with Crippen LogP contribution in [0.1, 0.15) is 31.9 Å². The Morgan fingerprint density at radius 2 is 2.33 bits per heavy atom. The van der Waals surface area contributed by atoms with E-state index in [4.69, 9.17) is 9.47 Å². The average Bonchev–Trinajstić information content (AvgIpc) is 2.62. The molecule has 7 heteroatoms. The summed E-state index contributed by atoms with van der Waals surface area (Å²) in [4.78, 5) is 4.27. The van der Waals surface area contributed by atoms with Gasteiger partial charge in [0.25, 0.3) is 0 Å². The van der Waals surface area contributed by atoms with Crippen LogP contribution in [0.5, 0.6) is 0 Å². The molecular formula is C17H26N2O4S. The van der Waals surface area contributed by atoms with Crippen molar-refractivity contribution in [3.05, 3.63) is 30.1 Å². The van der Waals surface area contributed by atoms with E-state index in [0.717, 1.165) is 31.6 Å². The molecule has 0 aliphatic carbocycles. The second-order valence-electron chi connectivity index (χ2n) is 6.66. The lowest BCUT2D eigenvalue weighted by Crippen LogP contribution is -2.58. The fraction of sp³-hybridized carbons (Fsp3) is 0.706. The number of hydrogen-bond acceptors (Lipinski definition) is 5. The maximum atomic E-state index is 12.3. The van der Waals surface area contributed by atoms with Crippen LogP contribution in [-0.4, -0.2) is 55.9 Å². The molecule has 0 spiro atoms. The maximum absolute atomic E-state index is 12.3. The van der Waals surface area contributed by atoms with Crippen molar-refractivity contribution in [1.82, 2.24) is 9.29 Å². The van der Waals surface area contributed by atoms with Crippen LogP contribution in [0.25, 0.3) is 0 Å². The molecule has 2 aliphatic rings. The van der Waals surface area contributed by atoms with Gasteiger partial charge in [0, 0.05) is 31.3 Å². The molecule has 1 aromatic heterocycles. The van der Waals surface area contributed by atoms with Crippen molar-refractivity contribution in [3.63, 3.8) is 0 Å². The van der Waals surface area contributed by atoms with E-state index in [9.17, 15) is 8.42 Å². The molecule has 2 atom stereocenters. The van der Waals surface area contributed by atoms with Crippen molar-refractivity contribution in [2.24, 2.45) is 5.41 Å². The summed E-state index contributed by atoms with van der Waals surface area (Å²) in [5.74, 6) is 0.142. The second kappa shape index (κ2) is 7.47. The van der Waals surface area contributed by atoms with Gasteiger partial charge in [0.1, 0.15) is 0 Å². The molecule has 0 amide bonds. The van der Waals surface area contributed by atoms with Gasteiger partial charge in [-0.05, 0) is 38.3 Å². The lowest BCUT2D eigenvalue weighted by molar-refractivity contribution is -0.144. The van der Waals surface area contributed by atoms with E-state index in [1.54, 1.807) is 17.4 Å². The Bertz CT molecular complexity index is 637. The summed E-state index contributed by atoms with van der Waals surface area (Å²) < 4.78 is 38.1. The zero-order valence-electron chi connectivity index (χ0n) is 14.2. The third-order valence-corrected chi connectivity index (χ3v) is 6.90. The fourth-order valence-corrected chi connectivity index (χ4v) is 4.93. The van der Waals surface area contributed by atoms with E-state index in [-0.39, 0.29) is 17.3 Å². The summed E-state index contributed by atoms with van der Waals surface area (Å²) in [6.45, 7) is 4.44. The van der Waals surface area contributed by atoms with Crippen LogP contribution in [-0.2, 0) is 26.1 Å². The van der Waals surface area contributed by atoms with Crippen LogP contribution in [0, 0.1) is 5.41 Å². The topological polar surface area (TPSA) is 68.7 Å². The highest BCUT2D eigenvalue weighted by molar-refractivity contribution is 7.89. The van der Waals surface area contributed by atoms with Gasteiger partial charge in [-0.3, -0.25) is 4.98 Å². The van der Waals surface area contributed by atoms with Crippen LogP contribution >= 0.6 is 0 Å². The molecule has 3 heterocycles. The lowest BCUT2D eigenvalue weighted by Gasteiger charge is -2.49. The molecule has 0 unspecified atom stereocenters. The Hall–Kier alpha value is -1.02. The van der Waals surface area contributed by atoms with Gasteiger partial charge in [-0.15, -0.1) is 0 Å². The van der Waals surface area contributed by atoms with Crippen LogP contribution in [0.4, 0.5) is 0 Å². The number of fused-ring (bicyclic) bond motifs is 1. The standard InChI is InChI=1S/C17H26N2O4S/c1-2-24(20,21)19-10-7-16-17(13-19,8-5-11-23-16)14-22-12-15-6-3-4-9-18-15/h3-4,6,9,16H,2,5,7-8,10-14H2,1H3/t16-,17-/m0/s1.